The van der Waals surface area contributed by atoms with Crippen molar-refractivity contribution in [1.82, 2.24) is 14.5 Å². The molecule has 1 unspecified atom stereocenters. The summed E-state index contributed by atoms with van der Waals surface area (Å²) in [7, 11) is -3.68. The minimum atomic E-state index is -3.68. The molecule has 10 heteroatoms. The van der Waals surface area contributed by atoms with E-state index in [1.165, 1.54) is 10.4 Å². The van der Waals surface area contributed by atoms with Gasteiger partial charge in [-0.3, -0.25) is 10.1 Å². The van der Waals surface area contributed by atoms with Crippen LogP contribution in [0.5, 0.6) is 11.5 Å². The maximum absolute atomic E-state index is 13.1. The van der Waals surface area contributed by atoms with Gasteiger partial charge in [-0.15, -0.1) is 0 Å². The lowest BCUT2D eigenvalue weighted by Crippen LogP contribution is -2.52. The topological polar surface area (TPSA) is 101 Å². The van der Waals surface area contributed by atoms with Crippen LogP contribution in [0.25, 0.3) is 0 Å². The Bertz CT molecular complexity index is 1000. The van der Waals surface area contributed by atoms with Crippen molar-refractivity contribution >= 4 is 15.9 Å². The van der Waals surface area contributed by atoms with E-state index in [9.17, 15) is 13.2 Å². The van der Waals surface area contributed by atoms with E-state index < -0.39 is 10.0 Å². The molecule has 3 heterocycles. The van der Waals surface area contributed by atoms with Gasteiger partial charge in [-0.25, -0.2) is 8.42 Å². The van der Waals surface area contributed by atoms with Crippen molar-refractivity contribution < 1.29 is 27.1 Å². The summed E-state index contributed by atoms with van der Waals surface area (Å²) in [4.78, 5) is 14.4. The van der Waals surface area contributed by atoms with E-state index in [1.807, 2.05) is 13.0 Å². The first kappa shape index (κ1) is 21.7. The first-order chi connectivity index (χ1) is 14.9. The summed E-state index contributed by atoms with van der Waals surface area (Å²) in [6.07, 6.45) is 2.35. The Balaban J connectivity index is 1.33. The van der Waals surface area contributed by atoms with Crippen molar-refractivity contribution in [1.29, 1.82) is 0 Å². The fourth-order valence-electron chi connectivity index (χ4n) is 3.62. The molecule has 0 bridgehead atoms. The minimum Gasteiger partial charge on any atom is -0.490 e. The van der Waals surface area contributed by atoms with Gasteiger partial charge in [0, 0.05) is 38.7 Å². The predicted molar refractivity (Wildman–Crippen MR) is 113 cm³/mol. The van der Waals surface area contributed by atoms with Gasteiger partial charge in [0.05, 0.1) is 37.0 Å². The molecule has 4 rings (SSSR count). The SMILES string of the molecule is CC(NCC(=O)N1CCN(S(=O)(=O)c2ccc3c(c2)OCCCO3)CC1)c1ccco1. The number of nitrogens with one attached hydrogen (secondary N) is 1. The normalized spacial score (nSPS) is 18.4. The van der Waals surface area contributed by atoms with E-state index in [4.69, 9.17) is 13.9 Å². The Labute approximate surface area is 182 Å². The van der Waals surface area contributed by atoms with Gasteiger partial charge in [0.15, 0.2) is 11.5 Å². The van der Waals surface area contributed by atoms with Crippen molar-refractivity contribution in [3.05, 3.63) is 42.4 Å². The molecule has 1 aromatic carbocycles. The molecule has 1 fully saturated rings. The first-order valence-corrected chi connectivity index (χ1v) is 11.8. The molecule has 2 aliphatic heterocycles. The average Bonchev–Trinajstić information content (AvgIpc) is 3.22. The number of piperazine rings is 1. The number of benzene rings is 1. The maximum atomic E-state index is 13.1. The lowest BCUT2D eigenvalue weighted by atomic mass is 10.2. The molecule has 1 atom stereocenters. The van der Waals surface area contributed by atoms with Gasteiger partial charge in [0.2, 0.25) is 15.9 Å². The van der Waals surface area contributed by atoms with Crippen LogP contribution in [0, 0.1) is 0 Å². The highest BCUT2D eigenvalue weighted by molar-refractivity contribution is 7.89. The van der Waals surface area contributed by atoms with Crippen molar-refractivity contribution in [3.8, 4) is 11.5 Å². The van der Waals surface area contributed by atoms with Crippen LogP contribution in [0.4, 0.5) is 0 Å². The van der Waals surface area contributed by atoms with Crippen LogP contribution in [0.3, 0.4) is 0 Å². The number of nitrogens with zero attached hydrogens (tertiary/aromatic N) is 2. The summed E-state index contributed by atoms with van der Waals surface area (Å²) in [6.45, 7) is 4.31. The smallest absolute Gasteiger partial charge is 0.243 e. The van der Waals surface area contributed by atoms with Crippen LogP contribution in [-0.4, -0.2) is 69.5 Å². The zero-order valence-electron chi connectivity index (χ0n) is 17.5. The molecular weight excluding hydrogens is 422 g/mol. The van der Waals surface area contributed by atoms with E-state index in [2.05, 4.69) is 5.32 Å². The summed E-state index contributed by atoms with van der Waals surface area (Å²) in [5.74, 6) is 1.71. The van der Waals surface area contributed by atoms with Crippen molar-refractivity contribution in [3.63, 3.8) is 0 Å². The number of sulfonamides is 1. The minimum absolute atomic E-state index is 0.0639. The van der Waals surface area contributed by atoms with E-state index in [-0.39, 0.29) is 36.5 Å². The Morgan fingerprint density at radius 2 is 1.84 bits per heavy atom. The molecule has 0 aliphatic carbocycles. The quantitative estimate of drug-likeness (QED) is 0.715. The molecule has 2 aliphatic rings. The van der Waals surface area contributed by atoms with Crippen molar-refractivity contribution in [2.45, 2.75) is 24.3 Å². The second-order valence-corrected chi connectivity index (χ2v) is 9.50. The lowest BCUT2D eigenvalue weighted by molar-refractivity contribution is -0.131. The van der Waals surface area contributed by atoms with Crippen LogP contribution in [0.1, 0.15) is 25.1 Å². The highest BCUT2D eigenvalue weighted by Gasteiger charge is 2.31. The molecule has 1 aromatic heterocycles. The van der Waals surface area contributed by atoms with E-state index in [1.54, 1.807) is 29.4 Å². The number of carbonyl (C=O) groups is 1. The van der Waals surface area contributed by atoms with E-state index in [0.717, 1.165) is 12.2 Å². The third kappa shape index (κ3) is 4.86. The maximum Gasteiger partial charge on any atom is 0.243 e. The van der Waals surface area contributed by atoms with Crippen LogP contribution in [0.2, 0.25) is 0 Å². The second-order valence-electron chi connectivity index (χ2n) is 7.56. The number of ether oxygens (including phenoxy) is 2. The number of hydrogen-bond acceptors (Lipinski definition) is 7. The number of carbonyl (C=O) groups excluding carboxylic acids is 1. The van der Waals surface area contributed by atoms with Gasteiger partial charge in [-0.2, -0.15) is 4.31 Å². The first-order valence-electron chi connectivity index (χ1n) is 10.4. The third-order valence-electron chi connectivity index (χ3n) is 5.48. The Morgan fingerprint density at radius 1 is 1.10 bits per heavy atom. The van der Waals surface area contributed by atoms with Crippen LogP contribution in [0.15, 0.2) is 45.9 Å². The van der Waals surface area contributed by atoms with Gasteiger partial charge in [-0.05, 0) is 31.2 Å². The van der Waals surface area contributed by atoms with Crippen molar-refractivity contribution in [2.24, 2.45) is 0 Å². The summed E-state index contributed by atoms with van der Waals surface area (Å²) >= 11 is 0. The van der Waals surface area contributed by atoms with Crippen LogP contribution in [-0.2, 0) is 14.8 Å². The third-order valence-corrected chi connectivity index (χ3v) is 7.37. The Hall–Kier alpha value is -2.56. The van der Waals surface area contributed by atoms with E-state index >= 15 is 0 Å². The fraction of sp³-hybridized carbons (Fsp3) is 0.476. The average molecular weight is 450 g/mol. The Morgan fingerprint density at radius 3 is 2.55 bits per heavy atom. The molecule has 1 amide bonds. The highest BCUT2D eigenvalue weighted by Crippen LogP contribution is 2.33. The van der Waals surface area contributed by atoms with E-state index in [0.29, 0.717) is 37.8 Å². The predicted octanol–water partition coefficient (Wildman–Crippen LogP) is 1.62. The summed E-state index contributed by atoms with van der Waals surface area (Å²) in [5.41, 5.74) is 0. The van der Waals surface area contributed by atoms with Gasteiger partial charge in [0.1, 0.15) is 5.76 Å². The molecule has 2 aromatic rings. The molecule has 31 heavy (non-hydrogen) atoms. The number of fused-ring (bicyclic) bond motifs is 1. The Kier molecular flexibility index (Phi) is 6.49. The summed E-state index contributed by atoms with van der Waals surface area (Å²) in [6, 6.07) is 8.27. The fourth-order valence-corrected chi connectivity index (χ4v) is 5.06. The monoisotopic (exact) mass is 449 g/mol. The van der Waals surface area contributed by atoms with Gasteiger partial charge < -0.3 is 18.8 Å². The molecular formula is C21H27N3O6S. The molecule has 168 valence electrons. The molecule has 0 saturated carbocycles. The number of hydrogen-bond donors (Lipinski definition) is 1. The number of amides is 1. The highest BCUT2D eigenvalue weighted by atomic mass is 32.2. The zero-order valence-corrected chi connectivity index (χ0v) is 18.3. The number of rotatable bonds is 6. The second kappa shape index (κ2) is 9.29. The number of furan rings is 1. The molecule has 0 radical (unpaired) electrons. The summed E-state index contributed by atoms with van der Waals surface area (Å²) < 4.78 is 44.1. The molecule has 1 saturated heterocycles. The van der Waals surface area contributed by atoms with Crippen molar-refractivity contribution in [2.75, 3.05) is 45.9 Å². The van der Waals surface area contributed by atoms with Crippen LogP contribution >= 0.6 is 0 Å². The largest absolute Gasteiger partial charge is 0.490 e. The zero-order chi connectivity index (χ0) is 21.8. The van der Waals surface area contributed by atoms with Gasteiger partial charge in [-0.1, -0.05) is 0 Å². The van der Waals surface area contributed by atoms with Crippen LogP contribution < -0.4 is 14.8 Å². The molecule has 9 nitrogen and oxygen atoms in total. The van der Waals surface area contributed by atoms with Gasteiger partial charge >= 0.3 is 0 Å². The molecule has 1 N–H and O–H groups in total. The summed E-state index contributed by atoms with van der Waals surface area (Å²) in [5, 5.41) is 3.14. The van der Waals surface area contributed by atoms with Gasteiger partial charge in [0.25, 0.3) is 0 Å². The standard InChI is InChI=1S/C21H27N3O6S/c1-16(18-4-2-11-28-18)22-15-21(25)23-7-9-24(10-8-23)31(26,27)17-5-6-19-20(14-17)30-13-3-12-29-19/h2,4-6,11,14,16,22H,3,7-10,12-13,15H2,1H3. The molecule has 0 spiro atoms. The lowest BCUT2D eigenvalue weighted by Gasteiger charge is -2.34.